The molecule has 1 fully saturated rings. The first-order chi connectivity index (χ1) is 13.7. The van der Waals surface area contributed by atoms with Crippen molar-refractivity contribution in [3.8, 4) is 0 Å². The van der Waals surface area contributed by atoms with E-state index in [0.29, 0.717) is 26.6 Å². The van der Waals surface area contributed by atoms with Gasteiger partial charge in [0.15, 0.2) is 0 Å². The van der Waals surface area contributed by atoms with Gasteiger partial charge in [0.05, 0.1) is 22.8 Å². The zero-order valence-electron chi connectivity index (χ0n) is 16.0. The normalized spacial score (nSPS) is 18.4. The third-order valence-electron chi connectivity index (χ3n) is 5.67. The van der Waals surface area contributed by atoms with E-state index in [0.717, 1.165) is 25.1 Å². The Morgan fingerprint density at radius 1 is 1.24 bits per heavy atom. The second kappa shape index (κ2) is 7.59. The van der Waals surface area contributed by atoms with E-state index in [-0.39, 0.29) is 17.6 Å². The number of likely N-dealkylation sites (tertiary alicyclic amines) is 1. The van der Waals surface area contributed by atoms with Crippen molar-refractivity contribution in [2.45, 2.75) is 32.4 Å². The van der Waals surface area contributed by atoms with E-state index in [9.17, 15) is 14.3 Å². The number of aromatic nitrogens is 2. The average Bonchev–Trinajstić information content (AvgIpc) is 3.24. The van der Waals surface area contributed by atoms with Crippen LogP contribution in [0.3, 0.4) is 0 Å². The number of hydrogen-bond donors (Lipinski definition) is 1. The number of aromatic carboxylic acids is 1. The van der Waals surface area contributed by atoms with Crippen molar-refractivity contribution in [3.05, 3.63) is 63.0 Å². The molecule has 2 aromatic carbocycles. The van der Waals surface area contributed by atoms with Gasteiger partial charge in [0.2, 0.25) is 0 Å². The molecule has 1 saturated heterocycles. The lowest BCUT2D eigenvalue weighted by Gasteiger charge is -2.25. The summed E-state index contributed by atoms with van der Waals surface area (Å²) < 4.78 is 16.1. The molecule has 152 valence electrons. The van der Waals surface area contributed by atoms with E-state index in [2.05, 4.69) is 16.9 Å². The number of benzene rings is 2. The Morgan fingerprint density at radius 3 is 2.59 bits per heavy atom. The molecule has 0 bridgehead atoms. The van der Waals surface area contributed by atoms with Crippen molar-refractivity contribution in [3.63, 3.8) is 0 Å². The molecule has 2 heterocycles. The predicted octanol–water partition coefficient (Wildman–Crippen LogP) is 5.50. The zero-order valence-corrected chi connectivity index (χ0v) is 17.5. The van der Waals surface area contributed by atoms with Crippen molar-refractivity contribution in [1.82, 2.24) is 14.7 Å². The number of halogens is 3. The molecule has 1 aromatic heterocycles. The molecule has 8 heteroatoms. The van der Waals surface area contributed by atoms with Crippen LogP contribution < -0.4 is 0 Å². The van der Waals surface area contributed by atoms with Crippen LogP contribution in [0.4, 0.5) is 4.39 Å². The maximum absolute atomic E-state index is 14.3. The van der Waals surface area contributed by atoms with Gasteiger partial charge in [-0.3, -0.25) is 9.58 Å². The Morgan fingerprint density at radius 2 is 1.93 bits per heavy atom. The molecule has 0 radical (unpaired) electrons. The molecule has 0 amide bonds. The SMILES string of the molecule is Cc1nn([C@@H]2CCN([C@@H](C)c3cc(Cl)cc(Cl)c3)C2)c2cc(F)c(C(=O)O)cc12. The van der Waals surface area contributed by atoms with Gasteiger partial charge in [-0.05, 0) is 50.1 Å². The van der Waals surface area contributed by atoms with Crippen LogP contribution in [0.25, 0.3) is 10.9 Å². The second-order valence-electron chi connectivity index (χ2n) is 7.50. The highest BCUT2D eigenvalue weighted by atomic mass is 35.5. The summed E-state index contributed by atoms with van der Waals surface area (Å²) in [5, 5.41) is 15.7. The van der Waals surface area contributed by atoms with Crippen molar-refractivity contribution < 1.29 is 14.3 Å². The van der Waals surface area contributed by atoms with Gasteiger partial charge < -0.3 is 5.11 Å². The maximum atomic E-state index is 14.3. The summed E-state index contributed by atoms with van der Waals surface area (Å²) in [7, 11) is 0. The summed E-state index contributed by atoms with van der Waals surface area (Å²) in [6.45, 7) is 5.51. The van der Waals surface area contributed by atoms with Gasteiger partial charge in [-0.25, -0.2) is 9.18 Å². The summed E-state index contributed by atoms with van der Waals surface area (Å²) in [4.78, 5) is 13.6. The van der Waals surface area contributed by atoms with Gasteiger partial charge in [0.25, 0.3) is 0 Å². The van der Waals surface area contributed by atoms with Gasteiger partial charge in [0, 0.05) is 40.6 Å². The Bertz CT molecular complexity index is 1090. The summed E-state index contributed by atoms with van der Waals surface area (Å²) >= 11 is 12.3. The number of rotatable bonds is 4. The van der Waals surface area contributed by atoms with E-state index in [1.54, 1.807) is 6.07 Å². The molecule has 3 aromatic rings. The largest absolute Gasteiger partial charge is 0.478 e. The van der Waals surface area contributed by atoms with Gasteiger partial charge in [0.1, 0.15) is 5.82 Å². The lowest BCUT2D eigenvalue weighted by atomic mass is 10.1. The number of hydrogen-bond acceptors (Lipinski definition) is 3. The molecule has 0 unspecified atom stereocenters. The van der Waals surface area contributed by atoms with E-state index in [1.807, 2.05) is 23.7 Å². The van der Waals surface area contributed by atoms with Crippen LogP contribution in [-0.2, 0) is 0 Å². The van der Waals surface area contributed by atoms with Gasteiger partial charge in [-0.1, -0.05) is 23.2 Å². The van der Waals surface area contributed by atoms with Crippen LogP contribution in [0.1, 0.15) is 47.0 Å². The molecule has 5 nitrogen and oxygen atoms in total. The van der Waals surface area contributed by atoms with Crippen LogP contribution in [0.2, 0.25) is 10.0 Å². The highest BCUT2D eigenvalue weighted by molar-refractivity contribution is 6.34. The second-order valence-corrected chi connectivity index (χ2v) is 8.37. The number of carboxylic acids is 1. The third-order valence-corrected chi connectivity index (χ3v) is 6.10. The number of carbonyl (C=O) groups is 1. The van der Waals surface area contributed by atoms with Gasteiger partial charge in [-0.15, -0.1) is 0 Å². The highest BCUT2D eigenvalue weighted by Gasteiger charge is 2.30. The standard InChI is InChI=1S/C21H20Cl2FN3O2/c1-11-17-8-18(21(28)29)19(24)9-20(17)27(25-11)16-3-4-26(10-16)12(2)13-5-14(22)7-15(23)6-13/h5-9,12,16H,3-4,10H2,1-2H3,(H,28,29)/t12-,16+/m0/s1. The van der Waals surface area contributed by atoms with E-state index >= 15 is 0 Å². The fraction of sp³-hybridized carbons (Fsp3) is 0.333. The van der Waals surface area contributed by atoms with Gasteiger partial charge >= 0.3 is 5.97 Å². The van der Waals surface area contributed by atoms with Crippen molar-refractivity contribution in [2.24, 2.45) is 0 Å². The summed E-state index contributed by atoms with van der Waals surface area (Å²) in [5.41, 5.74) is 2.02. The lowest BCUT2D eigenvalue weighted by molar-refractivity contribution is 0.0692. The Labute approximate surface area is 177 Å². The summed E-state index contributed by atoms with van der Waals surface area (Å²) in [6, 6.07) is 8.39. The minimum atomic E-state index is -1.28. The molecule has 0 aliphatic carbocycles. The summed E-state index contributed by atoms with van der Waals surface area (Å²) in [5.74, 6) is -2.03. The van der Waals surface area contributed by atoms with Crippen LogP contribution in [-0.4, -0.2) is 38.8 Å². The van der Waals surface area contributed by atoms with Crippen molar-refractivity contribution in [2.75, 3.05) is 13.1 Å². The summed E-state index contributed by atoms with van der Waals surface area (Å²) in [6.07, 6.45) is 0.858. The molecule has 1 aliphatic rings. The smallest absolute Gasteiger partial charge is 0.338 e. The van der Waals surface area contributed by atoms with E-state index in [4.69, 9.17) is 23.2 Å². The van der Waals surface area contributed by atoms with Crippen LogP contribution in [0.15, 0.2) is 30.3 Å². The molecule has 0 spiro atoms. The highest BCUT2D eigenvalue weighted by Crippen LogP contribution is 2.34. The average molecular weight is 436 g/mol. The third kappa shape index (κ3) is 3.72. The number of nitrogens with zero attached hydrogens (tertiary/aromatic N) is 3. The fourth-order valence-electron chi connectivity index (χ4n) is 4.10. The van der Waals surface area contributed by atoms with Gasteiger partial charge in [-0.2, -0.15) is 5.10 Å². The minimum Gasteiger partial charge on any atom is -0.478 e. The molecule has 1 N–H and O–H groups in total. The Kier molecular flexibility index (Phi) is 5.27. The first-order valence-electron chi connectivity index (χ1n) is 9.36. The molecule has 0 saturated carbocycles. The van der Waals surface area contributed by atoms with Crippen molar-refractivity contribution >= 4 is 40.1 Å². The topological polar surface area (TPSA) is 58.4 Å². The quantitative estimate of drug-likeness (QED) is 0.587. The predicted molar refractivity (Wildman–Crippen MR) is 111 cm³/mol. The first kappa shape index (κ1) is 20.1. The molecule has 2 atom stereocenters. The first-order valence-corrected chi connectivity index (χ1v) is 10.1. The number of carboxylic acid groups (broad SMARTS) is 1. The van der Waals surface area contributed by atoms with Crippen LogP contribution >= 0.6 is 23.2 Å². The maximum Gasteiger partial charge on any atom is 0.338 e. The molecule has 29 heavy (non-hydrogen) atoms. The monoisotopic (exact) mass is 435 g/mol. The molecular formula is C21H20Cl2FN3O2. The molecule has 1 aliphatic heterocycles. The zero-order chi connectivity index (χ0) is 20.9. The number of fused-ring (bicyclic) bond motifs is 1. The Balaban J connectivity index is 1.63. The minimum absolute atomic E-state index is 0.0679. The van der Waals surface area contributed by atoms with E-state index < -0.39 is 11.8 Å². The molecule has 4 rings (SSSR count). The van der Waals surface area contributed by atoms with Crippen molar-refractivity contribution in [1.29, 1.82) is 0 Å². The lowest BCUT2D eigenvalue weighted by Crippen LogP contribution is -2.25. The van der Waals surface area contributed by atoms with Crippen LogP contribution in [0, 0.1) is 12.7 Å². The number of aryl methyl sites for hydroxylation is 1. The van der Waals surface area contributed by atoms with E-state index in [1.165, 1.54) is 12.1 Å². The fourth-order valence-corrected chi connectivity index (χ4v) is 4.64. The van der Waals surface area contributed by atoms with Crippen LogP contribution in [0.5, 0.6) is 0 Å². The Hall–Kier alpha value is -2.15. The molecular weight excluding hydrogens is 416 g/mol.